The van der Waals surface area contributed by atoms with Crippen LogP contribution < -0.4 is 5.32 Å². The number of nitrogens with zero attached hydrogens (tertiary/aromatic N) is 1. The van der Waals surface area contributed by atoms with Gasteiger partial charge in [-0.3, -0.25) is 14.9 Å². The molecule has 18 heavy (non-hydrogen) atoms. The molecule has 0 saturated heterocycles. The number of hydrogen-bond acceptors (Lipinski definition) is 4. The van der Waals surface area contributed by atoms with Crippen LogP contribution in [0.25, 0.3) is 0 Å². The number of rotatable bonds is 4. The van der Waals surface area contributed by atoms with Gasteiger partial charge in [0.05, 0.1) is 4.92 Å². The van der Waals surface area contributed by atoms with Gasteiger partial charge >= 0.3 is 5.97 Å². The number of carboxylic acids is 1. The Morgan fingerprint density at radius 1 is 1.39 bits per heavy atom. The lowest BCUT2D eigenvalue weighted by molar-refractivity contribution is -0.385. The number of nitrogens with one attached hydrogen (secondary N) is 1. The minimum absolute atomic E-state index is 0.116. The fourth-order valence-electron chi connectivity index (χ4n) is 1.21. The molecule has 0 bridgehead atoms. The molecular weight excluding hydrogens is 240 g/mol. The van der Waals surface area contributed by atoms with Crippen LogP contribution in [0, 0.1) is 17.0 Å². The summed E-state index contributed by atoms with van der Waals surface area (Å²) in [4.78, 5) is 31.6. The summed E-state index contributed by atoms with van der Waals surface area (Å²) in [6.45, 7) is 1.58. The van der Waals surface area contributed by atoms with E-state index >= 15 is 0 Å². The van der Waals surface area contributed by atoms with Gasteiger partial charge in [0.1, 0.15) is 0 Å². The highest BCUT2D eigenvalue weighted by Crippen LogP contribution is 2.22. The van der Waals surface area contributed by atoms with E-state index in [1.165, 1.54) is 18.2 Å². The number of amides is 1. The van der Waals surface area contributed by atoms with Crippen LogP contribution >= 0.6 is 0 Å². The molecule has 0 aromatic heterocycles. The highest BCUT2D eigenvalue weighted by atomic mass is 16.6. The van der Waals surface area contributed by atoms with Crippen molar-refractivity contribution in [2.75, 3.05) is 5.32 Å². The molecule has 1 aromatic carbocycles. The maximum Gasteiger partial charge on any atom is 0.328 e. The Morgan fingerprint density at radius 3 is 2.61 bits per heavy atom. The summed E-state index contributed by atoms with van der Waals surface area (Å²) in [5, 5.41) is 21.3. The maximum absolute atomic E-state index is 11.3. The first-order valence-corrected chi connectivity index (χ1v) is 4.87. The maximum atomic E-state index is 11.3. The Morgan fingerprint density at radius 2 is 2.06 bits per heavy atom. The van der Waals surface area contributed by atoms with E-state index in [4.69, 9.17) is 5.11 Å². The molecule has 0 unspecified atom stereocenters. The molecule has 0 saturated carbocycles. The SMILES string of the molecule is Cc1ccc(NC(=O)/C=C/C(=O)O)cc1[N+](=O)[O-]. The summed E-state index contributed by atoms with van der Waals surface area (Å²) in [6, 6.07) is 4.20. The van der Waals surface area contributed by atoms with Gasteiger partial charge in [0.15, 0.2) is 0 Å². The van der Waals surface area contributed by atoms with Crippen LogP contribution in [-0.4, -0.2) is 21.9 Å². The van der Waals surface area contributed by atoms with Crippen molar-refractivity contribution in [1.29, 1.82) is 0 Å². The lowest BCUT2D eigenvalue weighted by Crippen LogP contribution is -2.09. The number of aliphatic carboxylic acids is 1. The molecule has 2 N–H and O–H groups in total. The average Bonchev–Trinajstić information content (AvgIpc) is 2.28. The third-order valence-corrected chi connectivity index (χ3v) is 2.05. The highest BCUT2D eigenvalue weighted by molar-refractivity contribution is 6.02. The molecule has 0 aliphatic rings. The molecule has 0 fully saturated rings. The normalized spacial score (nSPS) is 10.3. The summed E-state index contributed by atoms with van der Waals surface area (Å²) in [7, 11) is 0. The third kappa shape index (κ3) is 3.71. The number of carboxylic acid groups (broad SMARTS) is 1. The van der Waals surface area contributed by atoms with Crippen molar-refractivity contribution in [2.45, 2.75) is 6.92 Å². The first-order valence-electron chi connectivity index (χ1n) is 4.87. The van der Waals surface area contributed by atoms with Gasteiger partial charge in [-0.15, -0.1) is 0 Å². The van der Waals surface area contributed by atoms with Crippen LogP contribution in [-0.2, 0) is 9.59 Å². The molecule has 1 aromatic rings. The third-order valence-electron chi connectivity index (χ3n) is 2.05. The molecule has 0 aliphatic carbocycles. The minimum atomic E-state index is -1.25. The summed E-state index contributed by atoms with van der Waals surface area (Å²) < 4.78 is 0. The molecule has 1 amide bonds. The second kappa shape index (κ2) is 5.58. The zero-order chi connectivity index (χ0) is 13.7. The summed E-state index contributed by atoms with van der Waals surface area (Å²) >= 11 is 0. The van der Waals surface area contributed by atoms with Gasteiger partial charge in [0, 0.05) is 29.5 Å². The van der Waals surface area contributed by atoms with Crippen molar-refractivity contribution in [3.8, 4) is 0 Å². The number of nitro benzene ring substituents is 1. The Balaban J connectivity index is 2.86. The van der Waals surface area contributed by atoms with E-state index in [0.29, 0.717) is 11.6 Å². The molecule has 1 rings (SSSR count). The number of hydrogen-bond donors (Lipinski definition) is 2. The predicted molar refractivity (Wildman–Crippen MR) is 63.2 cm³/mol. The van der Waals surface area contributed by atoms with Crippen LogP contribution in [0.1, 0.15) is 5.56 Å². The molecule has 0 spiro atoms. The Kier molecular flexibility index (Phi) is 4.14. The Labute approximate surface area is 102 Å². The van der Waals surface area contributed by atoms with E-state index in [1.54, 1.807) is 6.92 Å². The molecule has 7 nitrogen and oxygen atoms in total. The zero-order valence-corrected chi connectivity index (χ0v) is 9.41. The largest absolute Gasteiger partial charge is 0.478 e. The van der Waals surface area contributed by atoms with Crippen LogP contribution in [0.15, 0.2) is 30.4 Å². The van der Waals surface area contributed by atoms with Crippen LogP contribution in [0.4, 0.5) is 11.4 Å². The van der Waals surface area contributed by atoms with E-state index in [-0.39, 0.29) is 11.4 Å². The quantitative estimate of drug-likeness (QED) is 0.477. The van der Waals surface area contributed by atoms with Gasteiger partial charge in [0.2, 0.25) is 5.91 Å². The van der Waals surface area contributed by atoms with E-state index in [1.807, 2.05) is 0 Å². The highest BCUT2D eigenvalue weighted by Gasteiger charge is 2.11. The monoisotopic (exact) mass is 250 g/mol. The standard InChI is InChI=1S/C11H10N2O5/c1-7-2-3-8(6-9(7)13(17)18)12-10(14)4-5-11(15)16/h2-6H,1H3,(H,12,14)(H,15,16)/b5-4+. The summed E-state index contributed by atoms with van der Waals surface area (Å²) in [5.41, 5.74) is 0.585. The Hall–Kier alpha value is -2.70. The molecular formula is C11H10N2O5. The van der Waals surface area contributed by atoms with E-state index in [0.717, 1.165) is 6.08 Å². The second-order valence-electron chi connectivity index (χ2n) is 3.42. The molecule has 0 atom stereocenters. The summed E-state index contributed by atoms with van der Waals surface area (Å²) in [5.74, 6) is -1.92. The van der Waals surface area contributed by atoms with Crippen molar-refractivity contribution in [1.82, 2.24) is 0 Å². The van der Waals surface area contributed by atoms with Gasteiger partial charge in [-0.05, 0) is 13.0 Å². The van der Waals surface area contributed by atoms with Gasteiger partial charge in [-0.1, -0.05) is 6.07 Å². The predicted octanol–water partition coefficient (Wildman–Crippen LogP) is 1.48. The zero-order valence-electron chi connectivity index (χ0n) is 9.41. The number of aryl methyl sites for hydroxylation is 1. The first-order chi connectivity index (χ1) is 8.40. The van der Waals surface area contributed by atoms with Crippen LogP contribution in [0.3, 0.4) is 0 Å². The smallest absolute Gasteiger partial charge is 0.328 e. The van der Waals surface area contributed by atoms with E-state index < -0.39 is 16.8 Å². The minimum Gasteiger partial charge on any atom is -0.478 e. The fraction of sp³-hybridized carbons (Fsp3) is 0.0909. The molecule has 7 heteroatoms. The van der Waals surface area contributed by atoms with Crippen molar-refractivity contribution < 1.29 is 19.6 Å². The molecule has 0 heterocycles. The van der Waals surface area contributed by atoms with Crippen molar-refractivity contribution in [2.24, 2.45) is 0 Å². The Bertz CT molecular complexity index is 536. The number of carbonyl (C=O) groups excluding carboxylic acids is 1. The number of nitro groups is 1. The molecule has 0 radical (unpaired) electrons. The molecule has 0 aliphatic heterocycles. The average molecular weight is 250 g/mol. The molecule has 94 valence electrons. The van der Waals surface area contributed by atoms with Gasteiger partial charge in [-0.2, -0.15) is 0 Å². The number of anilines is 1. The summed E-state index contributed by atoms with van der Waals surface area (Å²) in [6.07, 6.45) is 1.51. The van der Waals surface area contributed by atoms with Gasteiger partial charge < -0.3 is 10.4 Å². The van der Waals surface area contributed by atoms with E-state index in [9.17, 15) is 19.7 Å². The fourth-order valence-corrected chi connectivity index (χ4v) is 1.21. The van der Waals surface area contributed by atoms with Crippen LogP contribution in [0.5, 0.6) is 0 Å². The van der Waals surface area contributed by atoms with Gasteiger partial charge in [-0.25, -0.2) is 4.79 Å². The van der Waals surface area contributed by atoms with E-state index in [2.05, 4.69) is 5.32 Å². The lowest BCUT2D eigenvalue weighted by atomic mass is 10.2. The van der Waals surface area contributed by atoms with Crippen LogP contribution in [0.2, 0.25) is 0 Å². The van der Waals surface area contributed by atoms with Gasteiger partial charge in [0.25, 0.3) is 5.69 Å². The first kappa shape index (κ1) is 13.4. The number of carbonyl (C=O) groups is 2. The number of benzene rings is 1. The van der Waals surface area contributed by atoms with Crippen molar-refractivity contribution >= 4 is 23.3 Å². The van der Waals surface area contributed by atoms with Crippen molar-refractivity contribution in [3.63, 3.8) is 0 Å². The lowest BCUT2D eigenvalue weighted by Gasteiger charge is -2.03. The van der Waals surface area contributed by atoms with Crippen molar-refractivity contribution in [3.05, 3.63) is 46.0 Å². The second-order valence-corrected chi connectivity index (χ2v) is 3.42. The topological polar surface area (TPSA) is 110 Å².